The molecular formula is C31H41ClN6O6. The van der Waals surface area contributed by atoms with E-state index in [0.717, 1.165) is 23.1 Å². The highest BCUT2D eigenvalue weighted by molar-refractivity contribution is 6.31. The van der Waals surface area contributed by atoms with Crippen molar-refractivity contribution in [2.45, 2.75) is 64.3 Å². The number of carbonyl (C=O) groups is 4. The summed E-state index contributed by atoms with van der Waals surface area (Å²) in [6.07, 6.45) is 1.85. The fraction of sp³-hybridized carbons (Fsp3) is 0.484. The van der Waals surface area contributed by atoms with Crippen molar-refractivity contribution in [3.05, 3.63) is 63.7 Å². The van der Waals surface area contributed by atoms with Crippen molar-refractivity contribution < 1.29 is 28.8 Å². The lowest BCUT2D eigenvalue weighted by Crippen LogP contribution is -2.52. The molecular weight excluding hydrogens is 588 g/mol. The zero-order valence-corrected chi connectivity index (χ0v) is 26.4. The van der Waals surface area contributed by atoms with Crippen LogP contribution >= 0.6 is 11.6 Å². The minimum atomic E-state index is -0.671. The number of nitrogens with zero attached hydrogens (tertiary/aromatic N) is 2. The zero-order chi connectivity index (χ0) is 31.9. The summed E-state index contributed by atoms with van der Waals surface area (Å²) in [5.41, 5.74) is 3.23. The monoisotopic (exact) mass is 628 g/mol. The molecule has 238 valence electrons. The average Bonchev–Trinajstić information content (AvgIpc) is 3.26. The molecule has 0 saturated carbocycles. The Hall–Kier alpha value is -3.55. The van der Waals surface area contributed by atoms with E-state index in [1.165, 1.54) is 4.90 Å². The van der Waals surface area contributed by atoms with Crippen molar-refractivity contribution in [2.75, 3.05) is 39.3 Å². The van der Waals surface area contributed by atoms with E-state index < -0.39 is 18.0 Å². The number of imide groups is 1. The SMILES string of the molecule is CNCN(C)OCCC(C)(C)OCCc1cc(Cl)cc(NC(=O)NCc2ccc3c(c2)CN(C2CCC(=O)NC2=O)C3=O)c1. The molecule has 1 atom stereocenters. The number of hydroxylamine groups is 2. The summed E-state index contributed by atoms with van der Waals surface area (Å²) in [7, 11) is 3.73. The first-order valence-electron chi connectivity index (χ1n) is 14.7. The van der Waals surface area contributed by atoms with Crippen LogP contribution in [0.3, 0.4) is 0 Å². The van der Waals surface area contributed by atoms with E-state index in [4.69, 9.17) is 21.2 Å². The summed E-state index contributed by atoms with van der Waals surface area (Å²) >= 11 is 6.34. The molecule has 0 spiro atoms. The van der Waals surface area contributed by atoms with Crippen molar-refractivity contribution in [1.82, 2.24) is 25.9 Å². The number of nitrogens with one attached hydrogen (secondary N) is 4. The van der Waals surface area contributed by atoms with Crippen molar-refractivity contribution in [3.8, 4) is 0 Å². The zero-order valence-electron chi connectivity index (χ0n) is 25.6. The van der Waals surface area contributed by atoms with E-state index in [-0.39, 0.29) is 36.9 Å². The van der Waals surface area contributed by atoms with Gasteiger partial charge in [-0.1, -0.05) is 23.7 Å². The molecule has 2 aliphatic rings. The van der Waals surface area contributed by atoms with Crippen molar-refractivity contribution in [1.29, 1.82) is 0 Å². The first kappa shape index (κ1) is 33.3. The minimum absolute atomic E-state index is 0.201. The molecule has 4 N–H and O–H groups in total. The lowest BCUT2D eigenvalue weighted by atomic mass is 10.0. The predicted molar refractivity (Wildman–Crippen MR) is 166 cm³/mol. The summed E-state index contributed by atoms with van der Waals surface area (Å²) in [6, 6.07) is 9.65. The second-order valence-corrected chi connectivity index (χ2v) is 12.1. The van der Waals surface area contributed by atoms with Gasteiger partial charge in [-0.05, 0) is 74.7 Å². The molecule has 2 aliphatic heterocycles. The van der Waals surface area contributed by atoms with Gasteiger partial charge in [-0.3, -0.25) is 24.5 Å². The quantitative estimate of drug-likeness (QED) is 0.142. The molecule has 0 aliphatic carbocycles. The third kappa shape index (κ3) is 9.23. The number of halogens is 1. The molecule has 0 radical (unpaired) electrons. The first-order valence-corrected chi connectivity index (χ1v) is 15.1. The number of anilines is 1. The Morgan fingerprint density at radius 2 is 1.93 bits per heavy atom. The topological polar surface area (TPSA) is 141 Å². The van der Waals surface area contributed by atoms with E-state index in [1.807, 2.05) is 46.1 Å². The third-order valence-electron chi connectivity index (χ3n) is 7.54. The summed E-state index contributed by atoms with van der Waals surface area (Å²) in [6.45, 7) is 6.20. The van der Waals surface area contributed by atoms with Crippen LogP contribution in [0.1, 0.15) is 60.2 Å². The maximum absolute atomic E-state index is 12.9. The van der Waals surface area contributed by atoms with Gasteiger partial charge in [0.25, 0.3) is 5.91 Å². The highest BCUT2D eigenvalue weighted by Gasteiger charge is 2.39. The lowest BCUT2D eigenvalue weighted by Gasteiger charge is -2.29. The highest BCUT2D eigenvalue weighted by atomic mass is 35.5. The van der Waals surface area contributed by atoms with Crippen LogP contribution in [0.15, 0.2) is 36.4 Å². The number of ether oxygens (including phenoxy) is 1. The number of benzene rings is 2. The van der Waals surface area contributed by atoms with Crippen LogP contribution in [-0.2, 0) is 38.7 Å². The number of fused-ring (bicyclic) bond motifs is 1. The van der Waals surface area contributed by atoms with Crippen molar-refractivity contribution >= 4 is 41.0 Å². The van der Waals surface area contributed by atoms with E-state index in [0.29, 0.717) is 49.0 Å². The van der Waals surface area contributed by atoms with Crippen LogP contribution < -0.4 is 21.3 Å². The fourth-order valence-corrected chi connectivity index (χ4v) is 5.45. The average molecular weight is 629 g/mol. The molecule has 44 heavy (non-hydrogen) atoms. The second-order valence-electron chi connectivity index (χ2n) is 11.6. The number of amides is 5. The Labute approximate surface area is 262 Å². The number of hydrogen-bond donors (Lipinski definition) is 4. The summed E-state index contributed by atoms with van der Waals surface area (Å²) in [5.74, 6) is -1.01. The van der Waals surface area contributed by atoms with Crippen LogP contribution in [0.4, 0.5) is 10.5 Å². The molecule has 4 rings (SSSR count). The predicted octanol–water partition coefficient (Wildman–Crippen LogP) is 3.19. The van der Waals surface area contributed by atoms with Gasteiger partial charge in [0.2, 0.25) is 11.8 Å². The Bertz CT molecular complexity index is 1390. The normalized spacial score (nSPS) is 16.7. The van der Waals surface area contributed by atoms with Crippen LogP contribution in [-0.4, -0.2) is 79.3 Å². The van der Waals surface area contributed by atoms with Crippen LogP contribution in [0, 0.1) is 0 Å². The summed E-state index contributed by atoms with van der Waals surface area (Å²) in [4.78, 5) is 56.5. The highest BCUT2D eigenvalue weighted by Crippen LogP contribution is 2.28. The number of hydrogen-bond acceptors (Lipinski definition) is 8. The van der Waals surface area contributed by atoms with Crippen LogP contribution in [0.25, 0.3) is 0 Å². The third-order valence-corrected chi connectivity index (χ3v) is 7.75. The first-order chi connectivity index (χ1) is 20.9. The van der Waals surface area contributed by atoms with E-state index >= 15 is 0 Å². The Balaban J connectivity index is 1.25. The standard InChI is InChI=1S/C31H41ClN6O6/c1-31(2,10-12-44-37(4)19-33-3)43-11-9-20-14-23(32)16-24(15-20)35-30(42)34-17-21-5-6-25-22(13-21)18-38(29(25)41)26-7-8-27(39)36-28(26)40/h5-6,13-16,26,33H,7-12,17-19H2,1-4H3,(H2,34,35,42)(H,36,39,40). The molecule has 2 aromatic carbocycles. The molecule has 1 fully saturated rings. The molecule has 5 amide bonds. The smallest absolute Gasteiger partial charge is 0.319 e. The molecule has 13 heteroatoms. The largest absolute Gasteiger partial charge is 0.375 e. The summed E-state index contributed by atoms with van der Waals surface area (Å²) in [5, 5.41) is 13.2. The van der Waals surface area contributed by atoms with Gasteiger partial charge in [-0.2, -0.15) is 5.06 Å². The number of rotatable bonds is 14. The molecule has 12 nitrogen and oxygen atoms in total. The van der Waals surface area contributed by atoms with Gasteiger partial charge >= 0.3 is 6.03 Å². The lowest BCUT2D eigenvalue weighted by molar-refractivity contribution is -0.158. The Kier molecular flexibility index (Phi) is 11.3. The van der Waals surface area contributed by atoms with Gasteiger partial charge in [0.15, 0.2) is 0 Å². The van der Waals surface area contributed by atoms with Gasteiger partial charge in [-0.25, -0.2) is 4.79 Å². The summed E-state index contributed by atoms with van der Waals surface area (Å²) < 4.78 is 6.10. The van der Waals surface area contributed by atoms with Gasteiger partial charge in [0.1, 0.15) is 6.04 Å². The maximum atomic E-state index is 12.9. The molecule has 1 saturated heterocycles. The number of piperidine rings is 1. The van der Waals surface area contributed by atoms with Gasteiger partial charge in [-0.15, -0.1) is 0 Å². The van der Waals surface area contributed by atoms with Gasteiger partial charge in [0, 0.05) is 49.3 Å². The van der Waals surface area contributed by atoms with E-state index in [9.17, 15) is 19.2 Å². The van der Waals surface area contributed by atoms with Gasteiger partial charge in [0.05, 0.1) is 25.5 Å². The second kappa shape index (κ2) is 15.0. The Morgan fingerprint density at radius 3 is 2.68 bits per heavy atom. The van der Waals surface area contributed by atoms with Crippen molar-refractivity contribution in [3.63, 3.8) is 0 Å². The molecule has 1 unspecified atom stereocenters. The molecule has 2 heterocycles. The Morgan fingerprint density at radius 1 is 1.14 bits per heavy atom. The van der Waals surface area contributed by atoms with E-state index in [2.05, 4.69) is 21.3 Å². The van der Waals surface area contributed by atoms with Crippen LogP contribution in [0.2, 0.25) is 5.02 Å². The molecule has 2 aromatic rings. The molecule has 0 bridgehead atoms. The van der Waals surface area contributed by atoms with Gasteiger partial charge < -0.3 is 25.6 Å². The molecule has 0 aromatic heterocycles. The maximum Gasteiger partial charge on any atom is 0.319 e. The number of carbonyl (C=O) groups excluding carboxylic acids is 4. The van der Waals surface area contributed by atoms with Crippen molar-refractivity contribution in [2.24, 2.45) is 0 Å². The van der Waals surface area contributed by atoms with Crippen LogP contribution in [0.5, 0.6) is 0 Å². The number of urea groups is 1. The van der Waals surface area contributed by atoms with E-state index in [1.54, 1.807) is 23.3 Å². The fourth-order valence-electron chi connectivity index (χ4n) is 5.20. The minimum Gasteiger partial charge on any atom is -0.375 e.